The second-order valence-corrected chi connectivity index (χ2v) is 3.32. The van der Waals surface area contributed by atoms with Crippen LogP contribution in [0.2, 0.25) is 0 Å². The smallest absolute Gasteiger partial charge is 0.0345 e. The summed E-state index contributed by atoms with van der Waals surface area (Å²) in [4.78, 5) is 0. The van der Waals surface area contributed by atoms with Crippen LogP contribution < -0.4 is 5.32 Å². The molecule has 0 saturated carbocycles. The third kappa shape index (κ3) is 1.70. The highest BCUT2D eigenvalue weighted by Crippen LogP contribution is 2.24. The van der Waals surface area contributed by atoms with Gasteiger partial charge in [0.2, 0.25) is 0 Å². The van der Waals surface area contributed by atoms with Gasteiger partial charge in [0.25, 0.3) is 0 Å². The van der Waals surface area contributed by atoms with Crippen molar-refractivity contribution in [2.24, 2.45) is 0 Å². The Morgan fingerprint density at radius 3 is 2.79 bits per heavy atom. The Labute approximate surface area is 84.5 Å². The summed E-state index contributed by atoms with van der Waals surface area (Å²) >= 11 is 0. The summed E-state index contributed by atoms with van der Waals surface area (Å²) in [6, 6.07) is 11.5. The topological polar surface area (TPSA) is 12.0 Å². The van der Waals surface area contributed by atoms with Crippen molar-refractivity contribution in [2.75, 3.05) is 0 Å². The van der Waals surface area contributed by atoms with E-state index in [1.54, 1.807) is 0 Å². The summed E-state index contributed by atoms with van der Waals surface area (Å²) in [5, 5.41) is 3.11. The van der Waals surface area contributed by atoms with E-state index in [1.165, 1.54) is 5.57 Å². The lowest BCUT2D eigenvalue weighted by molar-refractivity contribution is 1.07. The minimum absolute atomic E-state index is 0.859. The molecule has 1 aliphatic rings. The molecule has 0 radical (unpaired) electrons. The molecule has 2 rings (SSSR count). The molecule has 1 heteroatoms. The van der Waals surface area contributed by atoms with Gasteiger partial charge in [0.15, 0.2) is 0 Å². The average molecular weight is 181 g/mol. The molecule has 0 aromatic heterocycles. The standard InChI is InChI=1S/C13H11N/c1-10-8-13(11(2)14-10)9-12-6-4-3-5-7-12/h4,6-7,9,14H,1-2,8H2/b13-9+. The van der Waals surface area contributed by atoms with E-state index in [-0.39, 0.29) is 0 Å². The monoisotopic (exact) mass is 181 g/mol. The molecule has 0 aliphatic carbocycles. The van der Waals surface area contributed by atoms with Gasteiger partial charge in [0.05, 0.1) is 0 Å². The second-order valence-electron chi connectivity index (χ2n) is 3.32. The molecule has 0 spiro atoms. The van der Waals surface area contributed by atoms with Crippen LogP contribution in [0.5, 0.6) is 0 Å². The van der Waals surface area contributed by atoms with Crippen LogP contribution in [0.15, 0.2) is 48.3 Å². The summed E-state index contributed by atoms with van der Waals surface area (Å²) in [5.74, 6) is 0. The van der Waals surface area contributed by atoms with Crippen molar-refractivity contribution in [1.82, 2.24) is 5.32 Å². The van der Waals surface area contributed by atoms with Crippen LogP contribution >= 0.6 is 0 Å². The lowest BCUT2D eigenvalue weighted by Gasteiger charge is -1.96. The average Bonchev–Trinajstić information content (AvgIpc) is 2.47. The molecule has 1 aromatic rings. The van der Waals surface area contributed by atoms with E-state index >= 15 is 0 Å². The fraction of sp³-hybridized carbons (Fsp3) is 0.0769. The molecule has 1 aromatic carbocycles. The van der Waals surface area contributed by atoms with Gasteiger partial charge in [-0.3, -0.25) is 0 Å². The normalized spacial score (nSPS) is 18.1. The molecular formula is C13H11N. The van der Waals surface area contributed by atoms with Gasteiger partial charge in [0, 0.05) is 17.8 Å². The van der Waals surface area contributed by atoms with Crippen LogP contribution in [0.25, 0.3) is 6.08 Å². The highest BCUT2D eigenvalue weighted by atomic mass is 14.9. The number of allylic oxidation sites excluding steroid dienone is 2. The summed E-state index contributed by atoms with van der Waals surface area (Å²) < 4.78 is 0. The Morgan fingerprint density at radius 2 is 2.21 bits per heavy atom. The van der Waals surface area contributed by atoms with Gasteiger partial charge in [-0.25, -0.2) is 0 Å². The molecule has 1 heterocycles. The zero-order valence-electron chi connectivity index (χ0n) is 7.93. The van der Waals surface area contributed by atoms with Crippen LogP contribution in [0, 0.1) is 12.1 Å². The van der Waals surface area contributed by atoms with Crippen LogP contribution in [-0.2, 0) is 0 Å². The first-order valence-electron chi connectivity index (χ1n) is 4.48. The van der Waals surface area contributed by atoms with Gasteiger partial charge in [0.1, 0.15) is 0 Å². The maximum absolute atomic E-state index is 3.92. The first-order chi connectivity index (χ1) is 6.75. The molecule has 0 amide bonds. The molecule has 1 saturated heterocycles. The van der Waals surface area contributed by atoms with Crippen molar-refractivity contribution >= 4 is 6.08 Å². The number of nitrogens with one attached hydrogen (secondary N) is 1. The minimum Gasteiger partial charge on any atom is -0.359 e. The molecule has 0 bridgehead atoms. The largest absolute Gasteiger partial charge is 0.359 e. The van der Waals surface area contributed by atoms with E-state index in [0.717, 1.165) is 23.4 Å². The van der Waals surface area contributed by atoms with Gasteiger partial charge >= 0.3 is 0 Å². The second kappa shape index (κ2) is 3.43. The molecule has 1 fully saturated rings. The van der Waals surface area contributed by atoms with E-state index in [2.05, 4.69) is 36.7 Å². The highest BCUT2D eigenvalue weighted by Gasteiger charge is 2.13. The van der Waals surface area contributed by atoms with Crippen LogP contribution in [0.1, 0.15) is 12.0 Å². The molecule has 1 nitrogen and oxygen atoms in total. The van der Waals surface area contributed by atoms with Gasteiger partial charge in [-0.15, -0.1) is 0 Å². The third-order valence-electron chi connectivity index (χ3n) is 2.14. The van der Waals surface area contributed by atoms with E-state index < -0.39 is 0 Å². The maximum atomic E-state index is 3.92. The summed E-state index contributed by atoms with van der Waals surface area (Å²) in [6.45, 7) is 7.79. The fourth-order valence-electron chi connectivity index (χ4n) is 1.46. The Morgan fingerprint density at radius 1 is 1.36 bits per heavy atom. The minimum atomic E-state index is 0.859. The van der Waals surface area contributed by atoms with Crippen LogP contribution in [0.4, 0.5) is 0 Å². The number of rotatable bonds is 1. The van der Waals surface area contributed by atoms with Gasteiger partial charge in [-0.05, 0) is 35.4 Å². The van der Waals surface area contributed by atoms with Gasteiger partial charge in [-0.2, -0.15) is 0 Å². The lowest BCUT2D eigenvalue weighted by atomic mass is 10.1. The molecule has 1 N–H and O–H groups in total. The zero-order valence-corrected chi connectivity index (χ0v) is 7.93. The Hall–Kier alpha value is -1.94. The summed E-state index contributed by atoms with van der Waals surface area (Å²) in [6.07, 6.45) is 2.95. The van der Waals surface area contributed by atoms with Crippen LogP contribution in [0.3, 0.4) is 0 Å². The quantitative estimate of drug-likeness (QED) is 0.702. The highest BCUT2D eigenvalue weighted by molar-refractivity contribution is 5.60. The third-order valence-corrected chi connectivity index (χ3v) is 2.14. The molecule has 14 heavy (non-hydrogen) atoms. The van der Waals surface area contributed by atoms with Gasteiger partial charge < -0.3 is 5.32 Å². The Balaban J connectivity index is 2.28. The summed E-state index contributed by atoms with van der Waals surface area (Å²) in [7, 11) is 0. The van der Waals surface area contributed by atoms with Crippen LogP contribution in [-0.4, -0.2) is 0 Å². The molecule has 68 valence electrons. The molecule has 0 atom stereocenters. The van der Waals surface area contributed by atoms with Gasteiger partial charge in [-0.1, -0.05) is 25.3 Å². The first kappa shape index (κ1) is 8.65. The molecule has 1 aliphatic heterocycles. The van der Waals surface area contributed by atoms with Crippen molar-refractivity contribution in [3.8, 4) is 0 Å². The number of hydrogen-bond acceptors (Lipinski definition) is 1. The SMILES string of the molecule is C=C1C/C(=C\c2cc#ccc2)C(=C)N1. The van der Waals surface area contributed by atoms with E-state index in [0.29, 0.717) is 0 Å². The van der Waals surface area contributed by atoms with Crippen molar-refractivity contribution in [3.05, 3.63) is 66.0 Å². The fourth-order valence-corrected chi connectivity index (χ4v) is 1.46. The van der Waals surface area contributed by atoms with E-state index in [4.69, 9.17) is 0 Å². The summed E-state index contributed by atoms with van der Waals surface area (Å²) in [5.41, 5.74) is 4.27. The Bertz CT molecular complexity index is 399. The van der Waals surface area contributed by atoms with Crippen molar-refractivity contribution < 1.29 is 0 Å². The van der Waals surface area contributed by atoms with Crippen molar-refractivity contribution in [3.63, 3.8) is 0 Å². The Kier molecular flexibility index (Phi) is 2.12. The molecule has 0 unspecified atom stereocenters. The zero-order chi connectivity index (χ0) is 9.97. The number of hydrogen-bond donors (Lipinski definition) is 1. The predicted molar refractivity (Wildman–Crippen MR) is 58.1 cm³/mol. The van der Waals surface area contributed by atoms with E-state index in [1.807, 2.05) is 18.2 Å². The lowest BCUT2D eigenvalue weighted by Crippen LogP contribution is -1.99. The first-order valence-corrected chi connectivity index (χ1v) is 4.48. The predicted octanol–water partition coefficient (Wildman–Crippen LogP) is 2.69. The van der Waals surface area contributed by atoms with Crippen molar-refractivity contribution in [1.29, 1.82) is 0 Å². The molecular weight excluding hydrogens is 170 g/mol. The maximum Gasteiger partial charge on any atom is 0.0345 e. The van der Waals surface area contributed by atoms with E-state index in [9.17, 15) is 0 Å². The van der Waals surface area contributed by atoms with Crippen molar-refractivity contribution in [2.45, 2.75) is 6.42 Å².